The van der Waals surface area contributed by atoms with E-state index in [9.17, 15) is 39.6 Å². The fourth-order valence-electron chi connectivity index (χ4n) is 4.40. The highest BCUT2D eigenvalue weighted by molar-refractivity contribution is 7.90. The van der Waals surface area contributed by atoms with Crippen LogP contribution in [0.5, 0.6) is 5.75 Å². The summed E-state index contributed by atoms with van der Waals surface area (Å²) < 4.78 is 105. The van der Waals surface area contributed by atoms with Gasteiger partial charge in [0.25, 0.3) is 5.91 Å². The molecule has 0 saturated heterocycles. The van der Waals surface area contributed by atoms with Crippen molar-refractivity contribution in [2.45, 2.75) is 69.8 Å². The number of fused-ring (bicyclic) bond motifs is 2. The van der Waals surface area contributed by atoms with Crippen molar-refractivity contribution in [3.05, 3.63) is 81.9 Å². The van der Waals surface area contributed by atoms with E-state index in [1.165, 1.54) is 29.3 Å². The molecule has 5 rings (SSSR count). The summed E-state index contributed by atoms with van der Waals surface area (Å²) in [7, 11) is -3.57. The molecule has 43 heavy (non-hydrogen) atoms. The van der Waals surface area contributed by atoms with Crippen molar-refractivity contribution in [2.75, 3.05) is 6.26 Å². The smallest absolute Gasteiger partial charge is 0.433 e. The molecule has 2 aliphatic heterocycles. The number of rotatable bonds is 5. The fraction of sp³-hybridized carbons (Fsp3) is 0.393. The Balaban J connectivity index is 0.000000269. The van der Waals surface area contributed by atoms with Gasteiger partial charge in [-0.25, -0.2) is 8.42 Å². The van der Waals surface area contributed by atoms with Gasteiger partial charge in [0.2, 0.25) is 0 Å². The summed E-state index contributed by atoms with van der Waals surface area (Å²) in [5.41, 5.74) is 0.644. The number of nitrogens with one attached hydrogen (secondary N) is 1. The Morgan fingerprint density at radius 1 is 0.930 bits per heavy atom. The van der Waals surface area contributed by atoms with Crippen molar-refractivity contribution in [2.24, 2.45) is 0 Å². The summed E-state index contributed by atoms with van der Waals surface area (Å²) in [6, 6.07) is 6.09. The highest BCUT2D eigenvalue weighted by Crippen LogP contribution is 2.34. The lowest BCUT2D eigenvalue weighted by Gasteiger charge is -2.20. The largest absolute Gasteiger partial charge is 0.490 e. The molecule has 0 fully saturated rings. The predicted molar refractivity (Wildman–Crippen MR) is 143 cm³/mol. The molecule has 15 heteroatoms. The Kier molecular flexibility index (Phi) is 9.07. The first-order valence-electron chi connectivity index (χ1n) is 13.1. The minimum atomic E-state index is -4.58. The monoisotopic (exact) mass is 630 g/mol. The zero-order chi connectivity index (χ0) is 31.7. The van der Waals surface area contributed by atoms with E-state index in [0.717, 1.165) is 30.1 Å². The van der Waals surface area contributed by atoms with Gasteiger partial charge in [-0.1, -0.05) is 6.92 Å². The number of hydrogen-bond acceptors (Lipinski definition) is 7. The quantitative estimate of drug-likeness (QED) is 0.370. The Morgan fingerprint density at radius 3 is 2.07 bits per heavy atom. The van der Waals surface area contributed by atoms with Crippen LogP contribution in [0.15, 0.2) is 47.6 Å². The first kappa shape index (κ1) is 32.2. The highest BCUT2D eigenvalue weighted by atomic mass is 32.2. The zero-order valence-corrected chi connectivity index (χ0v) is 24.1. The third-order valence-electron chi connectivity index (χ3n) is 6.90. The topological polar surface area (TPSA) is 101 Å². The number of halogens is 6. The van der Waals surface area contributed by atoms with Crippen LogP contribution in [0.2, 0.25) is 0 Å². The molecule has 2 aliphatic rings. The van der Waals surface area contributed by atoms with Crippen molar-refractivity contribution in [3.8, 4) is 5.75 Å². The molecule has 0 radical (unpaired) electrons. The molecule has 4 heterocycles. The molecular formula is C28H28F6N4O4S. The van der Waals surface area contributed by atoms with Crippen LogP contribution in [0.4, 0.5) is 26.3 Å². The first-order chi connectivity index (χ1) is 20.0. The van der Waals surface area contributed by atoms with Gasteiger partial charge in [0.15, 0.2) is 9.84 Å². The van der Waals surface area contributed by atoms with Gasteiger partial charge in [0.05, 0.1) is 16.6 Å². The molecule has 1 N–H and O–H groups in total. The maximum absolute atomic E-state index is 13.2. The second kappa shape index (κ2) is 12.1. The van der Waals surface area contributed by atoms with E-state index < -0.39 is 39.5 Å². The fourth-order valence-corrected chi connectivity index (χ4v) is 5.04. The van der Waals surface area contributed by atoms with Crippen LogP contribution in [-0.4, -0.2) is 41.6 Å². The Labute approximate surface area is 244 Å². The first-order valence-corrected chi connectivity index (χ1v) is 15.0. The standard InChI is InChI=1S/C20H21F3N2O4S.C8H7F3N2/c1-4-12(2)29-17-6-5-15(30(3,27)28)8-16(17)19(26)25-10-13-7-18(20(21,22)23)24-9-14(13)11-25;9-8(10,11)7-1-5-2-12-3-6(5)4-13-7/h5-9,12H,4,10-11H2,1-3H3;1,4,12H,2-3H2/t12-;/m0./s1. The lowest BCUT2D eigenvalue weighted by molar-refractivity contribution is -0.142. The maximum Gasteiger partial charge on any atom is 0.433 e. The number of carbonyl (C=O) groups excluding carboxylic acids is 1. The maximum atomic E-state index is 13.2. The highest BCUT2D eigenvalue weighted by Gasteiger charge is 2.36. The number of alkyl halides is 6. The normalized spacial score (nSPS) is 15.3. The van der Waals surface area contributed by atoms with E-state index in [2.05, 4.69) is 15.3 Å². The van der Waals surface area contributed by atoms with Gasteiger partial charge in [-0.2, -0.15) is 26.3 Å². The number of amides is 1. The van der Waals surface area contributed by atoms with Crippen molar-refractivity contribution in [1.82, 2.24) is 20.2 Å². The lowest BCUT2D eigenvalue weighted by atomic mass is 10.1. The molecule has 232 valence electrons. The van der Waals surface area contributed by atoms with Crippen LogP contribution >= 0.6 is 0 Å². The average Bonchev–Trinajstić information content (AvgIpc) is 3.57. The minimum Gasteiger partial charge on any atom is -0.490 e. The van der Waals surface area contributed by atoms with Crippen LogP contribution in [0, 0.1) is 0 Å². The third kappa shape index (κ3) is 7.63. The summed E-state index contributed by atoms with van der Waals surface area (Å²) in [4.78, 5) is 21.3. The van der Waals surface area contributed by atoms with Crippen LogP contribution in [0.1, 0.15) is 64.3 Å². The summed E-state index contributed by atoms with van der Waals surface area (Å²) >= 11 is 0. The van der Waals surface area contributed by atoms with E-state index in [0.29, 0.717) is 36.2 Å². The van der Waals surface area contributed by atoms with Crippen molar-refractivity contribution in [1.29, 1.82) is 0 Å². The van der Waals surface area contributed by atoms with E-state index in [-0.39, 0.29) is 35.4 Å². The van der Waals surface area contributed by atoms with E-state index in [4.69, 9.17) is 4.74 Å². The summed E-state index contributed by atoms with van der Waals surface area (Å²) in [5.74, 6) is -0.296. The molecule has 0 unspecified atom stereocenters. The van der Waals surface area contributed by atoms with Crippen molar-refractivity contribution >= 4 is 15.7 Å². The molecule has 0 spiro atoms. The minimum absolute atomic E-state index is 0.0361. The molecule has 1 atom stereocenters. The van der Waals surface area contributed by atoms with Gasteiger partial charge in [-0.3, -0.25) is 14.8 Å². The molecule has 0 bridgehead atoms. The van der Waals surface area contributed by atoms with Crippen LogP contribution in [0.25, 0.3) is 0 Å². The number of nitrogens with zero attached hydrogens (tertiary/aromatic N) is 3. The number of benzene rings is 1. The number of aromatic nitrogens is 2. The average molecular weight is 631 g/mol. The Morgan fingerprint density at radius 2 is 1.49 bits per heavy atom. The summed E-state index contributed by atoms with van der Waals surface area (Å²) in [6.45, 7) is 4.87. The predicted octanol–water partition coefficient (Wildman–Crippen LogP) is 5.54. The van der Waals surface area contributed by atoms with Crippen LogP contribution in [-0.2, 0) is 48.4 Å². The molecule has 0 aliphatic carbocycles. The van der Waals surface area contributed by atoms with Gasteiger partial charge < -0.3 is 15.0 Å². The number of ether oxygens (including phenoxy) is 1. The molecule has 8 nitrogen and oxygen atoms in total. The zero-order valence-electron chi connectivity index (χ0n) is 23.3. The van der Waals surface area contributed by atoms with Crippen LogP contribution in [0.3, 0.4) is 0 Å². The SMILES string of the molecule is CC[C@H](C)Oc1ccc(S(C)(=O)=O)cc1C(=O)N1Cc2cnc(C(F)(F)F)cc2C1.FC(F)(F)c1cc2c(cn1)CNC2. The third-order valence-corrected chi connectivity index (χ3v) is 8.01. The molecule has 3 aromatic rings. The van der Waals surface area contributed by atoms with Gasteiger partial charge in [0, 0.05) is 44.8 Å². The van der Waals surface area contributed by atoms with Crippen molar-refractivity contribution in [3.63, 3.8) is 0 Å². The van der Waals surface area contributed by atoms with Gasteiger partial charge in [-0.15, -0.1) is 0 Å². The molecule has 1 amide bonds. The molecule has 1 aromatic carbocycles. The second-order valence-electron chi connectivity index (χ2n) is 10.2. The lowest BCUT2D eigenvalue weighted by Crippen LogP contribution is -2.26. The molecule has 0 saturated carbocycles. The number of sulfone groups is 1. The molecule has 2 aromatic heterocycles. The summed E-state index contributed by atoms with van der Waals surface area (Å²) in [6.07, 6.45) is -5.02. The molecular weight excluding hydrogens is 602 g/mol. The number of carbonyl (C=O) groups is 1. The van der Waals surface area contributed by atoms with Gasteiger partial charge >= 0.3 is 12.4 Å². The Hall–Kier alpha value is -3.72. The second-order valence-corrected chi connectivity index (χ2v) is 12.2. The number of pyridine rings is 2. The van der Waals surface area contributed by atoms with Crippen molar-refractivity contribution < 1.29 is 44.3 Å². The number of hydrogen-bond donors (Lipinski definition) is 1. The van der Waals surface area contributed by atoms with Gasteiger partial charge in [-0.05, 0) is 65.9 Å². The van der Waals surface area contributed by atoms with E-state index in [1.807, 2.05) is 13.8 Å². The van der Waals surface area contributed by atoms with Gasteiger partial charge in [0.1, 0.15) is 17.1 Å². The van der Waals surface area contributed by atoms with E-state index in [1.54, 1.807) is 0 Å². The Bertz CT molecular complexity index is 1630. The van der Waals surface area contributed by atoms with Crippen LogP contribution < -0.4 is 10.1 Å². The summed E-state index contributed by atoms with van der Waals surface area (Å²) in [5, 5.41) is 2.96. The van der Waals surface area contributed by atoms with E-state index >= 15 is 0 Å².